The van der Waals surface area contributed by atoms with Gasteiger partial charge < -0.3 is 9.30 Å². The molecule has 202 valence electrons. The summed E-state index contributed by atoms with van der Waals surface area (Å²) in [5.41, 5.74) is 5.14. The highest BCUT2D eigenvalue weighted by molar-refractivity contribution is 6.31. The maximum atomic E-state index is 6.30. The first-order chi connectivity index (χ1) is 19.0. The van der Waals surface area contributed by atoms with Crippen LogP contribution in [-0.2, 0) is 0 Å². The maximum absolute atomic E-state index is 6.30. The van der Waals surface area contributed by atoms with Crippen molar-refractivity contribution in [1.29, 1.82) is 0 Å². The molecule has 0 saturated carbocycles. The van der Waals surface area contributed by atoms with E-state index in [2.05, 4.69) is 56.8 Å². The SMILES string of the molecule is COc1cc(-c2cn(C3CCN(C(C4=CC=C(Cl)CC4)C4C=CC(Cl)=CC4)C3)nn2)ccc1-n1cnc(C)c1. The van der Waals surface area contributed by atoms with Gasteiger partial charge in [0.2, 0.25) is 0 Å². The Morgan fingerprint density at radius 1 is 1.13 bits per heavy atom. The van der Waals surface area contributed by atoms with E-state index in [4.69, 9.17) is 27.9 Å². The number of benzene rings is 1. The summed E-state index contributed by atoms with van der Waals surface area (Å²) >= 11 is 12.6. The summed E-state index contributed by atoms with van der Waals surface area (Å²) in [5, 5.41) is 10.8. The first kappa shape index (κ1) is 26.1. The van der Waals surface area contributed by atoms with Crippen LogP contribution >= 0.6 is 23.2 Å². The van der Waals surface area contributed by atoms with E-state index in [0.29, 0.717) is 12.0 Å². The Hall–Kier alpha value is -3.13. The van der Waals surface area contributed by atoms with Crippen LogP contribution in [0.15, 0.2) is 82.9 Å². The molecule has 6 rings (SSSR count). The molecular weight excluding hydrogens is 531 g/mol. The number of hydrogen-bond donors (Lipinski definition) is 0. The lowest BCUT2D eigenvalue weighted by molar-refractivity contribution is 0.213. The summed E-state index contributed by atoms with van der Waals surface area (Å²) in [6.45, 7) is 3.90. The van der Waals surface area contributed by atoms with E-state index in [0.717, 1.165) is 77.2 Å². The van der Waals surface area contributed by atoms with E-state index >= 15 is 0 Å². The molecule has 1 aromatic carbocycles. The Bertz CT molecular complexity index is 1480. The number of allylic oxidation sites excluding steroid dienone is 6. The Morgan fingerprint density at radius 3 is 2.74 bits per heavy atom. The zero-order chi connectivity index (χ0) is 26.9. The third kappa shape index (κ3) is 5.49. The van der Waals surface area contributed by atoms with E-state index in [1.54, 1.807) is 13.4 Å². The minimum atomic E-state index is 0.263. The smallest absolute Gasteiger partial charge is 0.143 e. The number of aromatic nitrogens is 5. The van der Waals surface area contributed by atoms with Gasteiger partial charge in [0.05, 0.1) is 37.1 Å². The van der Waals surface area contributed by atoms with Gasteiger partial charge in [-0.25, -0.2) is 9.67 Å². The van der Waals surface area contributed by atoms with Crippen LogP contribution in [-0.4, -0.2) is 55.7 Å². The molecule has 1 fully saturated rings. The zero-order valence-electron chi connectivity index (χ0n) is 22.2. The maximum Gasteiger partial charge on any atom is 0.143 e. The van der Waals surface area contributed by atoms with Crippen LogP contribution in [0.1, 0.15) is 37.4 Å². The minimum Gasteiger partial charge on any atom is -0.495 e. The standard InChI is InChI=1S/C30H32Cl2N6O/c1-20-16-37(19-33-20)28-12-7-23(15-29(28)39-2)27-18-38(35-34-27)26-13-14-36(17-26)30(21-3-8-24(31)9-4-21)22-5-10-25(32)11-6-22/h3,5,7-10,12,15-16,18-19,21,26,30H,4,6,11,13-14,17H2,1-2H3. The minimum absolute atomic E-state index is 0.263. The van der Waals surface area contributed by atoms with Gasteiger partial charge in [0, 0.05) is 46.9 Å². The lowest BCUT2D eigenvalue weighted by Crippen LogP contribution is -2.41. The molecule has 0 bridgehead atoms. The van der Waals surface area contributed by atoms with Crippen molar-refractivity contribution in [3.05, 3.63) is 88.6 Å². The van der Waals surface area contributed by atoms with Crippen molar-refractivity contribution < 1.29 is 4.74 Å². The topological polar surface area (TPSA) is 61.0 Å². The molecule has 7 nitrogen and oxygen atoms in total. The van der Waals surface area contributed by atoms with Crippen LogP contribution in [0.4, 0.5) is 0 Å². The van der Waals surface area contributed by atoms with Crippen LogP contribution in [0.5, 0.6) is 5.75 Å². The van der Waals surface area contributed by atoms with Gasteiger partial charge in [0.25, 0.3) is 0 Å². The van der Waals surface area contributed by atoms with Crippen molar-refractivity contribution in [2.24, 2.45) is 5.92 Å². The van der Waals surface area contributed by atoms with E-state index in [9.17, 15) is 0 Å². The molecule has 0 N–H and O–H groups in total. The average molecular weight is 564 g/mol. The van der Waals surface area contributed by atoms with E-state index in [-0.39, 0.29) is 6.04 Å². The summed E-state index contributed by atoms with van der Waals surface area (Å²) in [7, 11) is 1.68. The Kier molecular flexibility index (Phi) is 7.47. The average Bonchev–Trinajstić information content (AvgIpc) is 3.72. The molecule has 2 aromatic heterocycles. The summed E-state index contributed by atoms with van der Waals surface area (Å²) < 4.78 is 9.70. The molecular formula is C30H32Cl2N6O. The van der Waals surface area contributed by atoms with Gasteiger partial charge in [-0.15, -0.1) is 5.10 Å². The molecule has 1 saturated heterocycles. The van der Waals surface area contributed by atoms with Crippen LogP contribution in [0.2, 0.25) is 0 Å². The number of nitrogens with zero attached hydrogens (tertiary/aromatic N) is 6. The summed E-state index contributed by atoms with van der Waals surface area (Å²) in [6.07, 6.45) is 20.5. The van der Waals surface area contributed by atoms with E-state index in [1.807, 2.05) is 40.6 Å². The predicted octanol–water partition coefficient (Wildman–Crippen LogP) is 6.60. The highest BCUT2D eigenvalue weighted by Gasteiger charge is 2.36. The van der Waals surface area contributed by atoms with Gasteiger partial charge in [-0.2, -0.15) is 0 Å². The zero-order valence-corrected chi connectivity index (χ0v) is 23.7. The molecule has 39 heavy (non-hydrogen) atoms. The summed E-state index contributed by atoms with van der Waals surface area (Å²) in [5.74, 6) is 1.15. The number of ether oxygens (including phenoxy) is 1. The summed E-state index contributed by atoms with van der Waals surface area (Å²) in [4.78, 5) is 6.94. The molecule has 3 heterocycles. The number of halogens is 2. The van der Waals surface area contributed by atoms with Gasteiger partial charge >= 0.3 is 0 Å². The third-order valence-corrected chi connectivity index (χ3v) is 8.54. The molecule has 0 spiro atoms. The number of hydrogen-bond acceptors (Lipinski definition) is 5. The van der Waals surface area contributed by atoms with Crippen LogP contribution in [0.25, 0.3) is 16.9 Å². The third-order valence-electron chi connectivity index (χ3n) is 7.94. The number of rotatable bonds is 7. The number of methoxy groups -OCH3 is 1. The van der Waals surface area contributed by atoms with Crippen molar-refractivity contribution in [2.45, 2.75) is 44.7 Å². The molecule has 3 atom stereocenters. The Balaban J connectivity index is 1.21. The lowest BCUT2D eigenvalue weighted by atomic mass is 9.83. The second-order valence-corrected chi connectivity index (χ2v) is 11.4. The molecule has 2 aliphatic carbocycles. The molecule has 3 aliphatic rings. The van der Waals surface area contributed by atoms with Gasteiger partial charge in [0.1, 0.15) is 11.4 Å². The highest BCUT2D eigenvalue weighted by Crippen LogP contribution is 2.37. The van der Waals surface area contributed by atoms with Crippen molar-refractivity contribution in [3.63, 3.8) is 0 Å². The van der Waals surface area contributed by atoms with Crippen LogP contribution in [0.3, 0.4) is 0 Å². The van der Waals surface area contributed by atoms with Gasteiger partial charge in [-0.05, 0) is 56.9 Å². The van der Waals surface area contributed by atoms with Gasteiger partial charge in [-0.3, -0.25) is 4.90 Å². The molecule has 0 radical (unpaired) electrons. The van der Waals surface area contributed by atoms with E-state index < -0.39 is 0 Å². The number of aryl methyl sites for hydroxylation is 1. The lowest BCUT2D eigenvalue weighted by Gasteiger charge is -2.36. The quantitative estimate of drug-likeness (QED) is 0.324. The summed E-state index contributed by atoms with van der Waals surface area (Å²) in [6, 6.07) is 6.69. The highest BCUT2D eigenvalue weighted by atomic mass is 35.5. The van der Waals surface area contributed by atoms with Crippen molar-refractivity contribution in [3.8, 4) is 22.7 Å². The molecule has 3 aromatic rings. The first-order valence-corrected chi connectivity index (χ1v) is 14.2. The largest absolute Gasteiger partial charge is 0.495 e. The second-order valence-electron chi connectivity index (χ2n) is 10.5. The molecule has 1 aliphatic heterocycles. The Labute approximate surface area is 239 Å². The van der Waals surface area contributed by atoms with Gasteiger partial charge in [-0.1, -0.05) is 58.3 Å². The first-order valence-electron chi connectivity index (χ1n) is 13.4. The normalized spacial score (nSPS) is 22.4. The number of imidazole rings is 1. The van der Waals surface area contributed by atoms with Crippen LogP contribution < -0.4 is 4.74 Å². The molecule has 3 unspecified atom stereocenters. The fraction of sp³-hybridized carbons (Fsp3) is 0.367. The van der Waals surface area contributed by atoms with Gasteiger partial charge in [0.15, 0.2) is 0 Å². The molecule has 0 amide bonds. The van der Waals surface area contributed by atoms with E-state index in [1.165, 1.54) is 5.57 Å². The second kappa shape index (κ2) is 11.2. The fourth-order valence-electron chi connectivity index (χ4n) is 5.93. The monoisotopic (exact) mass is 562 g/mol. The Morgan fingerprint density at radius 2 is 2.03 bits per heavy atom. The van der Waals surface area contributed by atoms with Crippen LogP contribution in [0, 0.1) is 12.8 Å². The van der Waals surface area contributed by atoms with Crippen molar-refractivity contribution in [1.82, 2.24) is 29.4 Å². The predicted molar refractivity (Wildman–Crippen MR) is 155 cm³/mol. The van der Waals surface area contributed by atoms with Crippen molar-refractivity contribution in [2.75, 3.05) is 20.2 Å². The van der Waals surface area contributed by atoms with Crippen molar-refractivity contribution >= 4 is 23.2 Å². The number of likely N-dealkylation sites (tertiary alicyclic amines) is 1. The molecule has 9 heteroatoms. The fourth-order valence-corrected chi connectivity index (χ4v) is 6.25.